The van der Waals surface area contributed by atoms with Crippen molar-refractivity contribution in [3.8, 4) is 11.3 Å². The summed E-state index contributed by atoms with van der Waals surface area (Å²) in [7, 11) is 2.20. The number of nitrogens with two attached hydrogens (primary N) is 1. The van der Waals surface area contributed by atoms with E-state index in [0.717, 1.165) is 17.8 Å². The topological polar surface area (TPSA) is 55.3 Å². The minimum absolute atomic E-state index is 0.371. The molecule has 0 aliphatic carbocycles. The first-order valence-corrected chi connectivity index (χ1v) is 7.24. The number of benzene rings is 1. The monoisotopic (exact) mass is 271 g/mol. The Morgan fingerprint density at radius 1 is 1.25 bits per heavy atom. The number of nitrogen functional groups attached to an aromatic ring is 1. The van der Waals surface area contributed by atoms with Gasteiger partial charge in [0.15, 0.2) is 0 Å². The van der Waals surface area contributed by atoms with Crippen LogP contribution < -0.4 is 5.73 Å². The van der Waals surface area contributed by atoms with Crippen LogP contribution in [0, 0.1) is 0 Å². The molecule has 1 aromatic carbocycles. The summed E-state index contributed by atoms with van der Waals surface area (Å²) in [6.45, 7) is 2.34. The minimum Gasteiger partial charge on any atom is -0.368 e. The molecule has 2 aromatic rings. The normalized spacial score (nSPS) is 20.8. The molecule has 4 heteroatoms. The molecule has 0 radical (unpaired) electrons. The zero-order chi connectivity index (χ0) is 13.9. The van der Waals surface area contributed by atoms with Gasteiger partial charge in [-0.3, -0.25) is 0 Å². The molecule has 3 rings (SSSR count). The lowest BCUT2D eigenvalue weighted by Gasteiger charge is -2.18. The van der Waals surface area contributed by atoms with Gasteiger partial charge in [-0.1, -0.05) is 29.4 Å². The van der Waals surface area contributed by atoms with Gasteiger partial charge in [-0.15, -0.1) is 0 Å². The Hall–Kier alpha value is -1.81. The van der Waals surface area contributed by atoms with Crippen molar-refractivity contribution in [3.05, 3.63) is 35.9 Å². The van der Waals surface area contributed by atoms with Crippen LogP contribution in [0.5, 0.6) is 0 Å². The van der Waals surface area contributed by atoms with E-state index >= 15 is 0 Å². The summed E-state index contributed by atoms with van der Waals surface area (Å²) in [6, 6.07) is 10.3. The summed E-state index contributed by atoms with van der Waals surface area (Å²) in [5.41, 5.74) is 9.02. The zero-order valence-electron chi connectivity index (χ0n) is 11.9. The first-order chi connectivity index (χ1) is 9.74. The number of likely N-dealkylation sites (tertiary alicyclic amines) is 1. The van der Waals surface area contributed by atoms with Crippen LogP contribution in [-0.2, 0) is 0 Å². The third kappa shape index (κ3) is 2.70. The van der Waals surface area contributed by atoms with Crippen LogP contribution in [0.1, 0.15) is 30.7 Å². The Bertz CT molecular complexity index is 579. The van der Waals surface area contributed by atoms with Gasteiger partial charge in [-0.05, 0) is 50.9 Å². The maximum absolute atomic E-state index is 5.65. The third-order valence-corrected chi connectivity index (χ3v) is 4.16. The van der Waals surface area contributed by atoms with Crippen LogP contribution in [0.25, 0.3) is 11.3 Å². The fourth-order valence-electron chi connectivity index (χ4n) is 3.05. The summed E-state index contributed by atoms with van der Waals surface area (Å²) >= 11 is 0. The lowest BCUT2D eigenvalue weighted by Crippen LogP contribution is -2.18. The van der Waals surface area contributed by atoms with Gasteiger partial charge >= 0.3 is 0 Å². The average molecular weight is 271 g/mol. The zero-order valence-corrected chi connectivity index (χ0v) is 11.9. The molecule has 1 aliphatic heterocycles. The molecule has 2 N–H and O–H groups in total. The fraction of sp³-hybridized carbons (Fsp3) is 0.438. The van der Waals surface area contributed by atoms with Crippen molar-refractivity contribution < 1.29 is 4.52 Å². The van der Waals surface area contributed by atoms with E-state index in [2.05, 4.69) is 35.3 Å². The molecule has 1 atom stereocenters. The van der Waals surface area contributed by atoms with Crippen molar-refractivity contribution in [1.29, 1.82) is 0 Å². The van der Waals surface area contributed by atoms with Gasteiger partial charge in [0, 0.05) is 11.6 Å². The number of rotatable bonds is 2. The van der Waals surface area contributed by atoms with E-state index in [4.69, 9.17) is 10.3 Å². The van der Waals surface area contributed by atoms with Crippen LogP contribution in [0.15, 0.2) is 34.9 Å². The molecule has 0 amide bonds. The van der Waals surface area contributed by atoms with Gasteiger partial charge < -0.3 is 15.2 Å². The summed E-state index contributed by atoms with van der Waals surface area (Å²) in [5, 5.41) is 4.07. The van der Waals surface area contributed by atoms with Gasteiger partial charge in [0.05, 0.1) is 0 Å². The standard InChI is InChI=1S/C16H21N3O/c1-19-9-4-5-12(8-10-19)13-6-2-3-7-14(13)15-11-16(17)20-18-15/h2-3,6-7,11-12H,4-5,8-10,17H2,1H3. The highest BCUT2D eigenvalue weighted by Crippen LogP contribution is 2.35. The second-order valence-electron chi connectivity index (χ2n) is 5.63. The van der Waals surface area contributed by atoms with E-state index in [1.54, 1.807) is 0 Å². The van der Waals surface area contributed by atoms with Gasteiger partial charge in [0.25, 0.3) is 0 Å². The number of aromatic nitrogens is 1. The van der Waals surface area contributed by atoms with Crippen molar-refractivity contribution in [2.75, 3.05) is 25.9 Å². The first-order valence-electron chi connectivity index (χ1n) is 7.24. The van der Waals surface area contributed by atoms with E-state index in [9.17, 15) is 0 Å². The van der Waals surface area contributed by atoms with Crippen LogP contribution in [-0.4, -0.2) is 30.2 Å². The summed E-state index contributed by atoms with van der Waals surface area (Å²) in [4.78, 5) is 2.41. The Kier molecular flexibility index (Phi) is 3.74. The van der Waals surface area contributed by atoms with Crippen molar-refractivity contribution in [3.63, 3.8) is 0 Å². The van der Waals surface area contributed by atoms with Crippen molar-refractivity contribution >= 4 is 5.88 Å². The second kappa shape index (κ2) is 5.67. The molecule has 20 heavy (non-hydrogen) atoms. The lowest BCUT2D eigenvalue weighted by atomic mass is 9.87. The minimum atomic E-state index is 0.371. The lowest BCUT2D eigenvalue weighted by molar-refractivity contribution is 0.347. The third-order valence-electron chi connectivity index (χ3n) is 4.16. The Balaban J connectivity index is 1.93. The van der Waals surface area contributed by atoms with E-state index in [0.29, 0.717) is 11.8 Å². The maximum Gasteiger partial charge on any atom is 0.222 e. The summed E-state index contributed by atoms with van der Waals surface area (Å²) in [6.07, 6.45) is 3.67. The number of nitrogens with zero attached hydrogens (tertiary/aromatic N) is 2. The number of anilines is 1. The van der Waals surface area contributed by atoms with Crippen LogP contribution in [0.2, 0.25) is 0 Å². The molecule has 1 aliphatic rings. The molecule has 0 bridgehead atoms. The SMILES string of the molecule is CN1CCCC(c2ccccc2-c2cc(N)on2)CC1. The Labute approximate surface area is 119 Å². The summed E-state index contributed by atoms with van der Waals surface area (Å²) in [5.74, 6) is 0.962. The highest BCUT2D eigenvalue weighted by molar-refractivity contribution is 5.66. The van der Waals surface area contributed by atoms with E-state index < -0.39 is 0 Å². The highest BCUT2D eigenvalue weighted by Gasteiger charge is 2.20. The van der Waals surface area contributed by atoms with Crippen molar-refractivity contribution in [1.82, 2.24) is 10.1 Å². The van der Waals surface area contributed by atoms with Gasteiger partial charge in [0.2, 0.25) is 5.88 Å². The fourth-order valence-corrected chi connectivity index (χ4v) is 3.05. The predicted octanol–water partition coefficient (Wildman–Crippen LogP) is 3.12. The molecular weight excluding hydrogens is 250 g/mol. The Morgan fingerprint density at radius 2 is 2.10 bits per heavy atom. The predicted molar refractivity (Wildman–Crippen MR) is 80.4 cm³/mol. The number of hydrogen-bond donors (Lipinski definition) is 1. The van der Waals surface area contributed by atoms with E-state index in [-0.39, 0.29) is 0 Å². The van der Waals surface area contributed by atoms with Gasteiger partial charge in [0.1, 0.15) is 5.69 Å². The Morgan fingerprint density at radius 3 is 2.90 bits per heavy atom. The van der Waals surface area contributed by atoms with E-state index in [1.807, 2.05) is 12.1 Å². The quantitative estimate of drug-likeness (QED) is 0.911. The van der Waals surface area contributed by atoms with Gasteiger partial charge in [-0.2, -0.15) is 0 Å². The maximum atomic E-state index is 5.65. The van der Waals surface area contributed by atoms with Crippen molar-refractivity contribution in [2.45, 2.75) is 25.2 Å². The number of hydrogen-bond acceptors (Lipinski definition) is 4. The molecule has 106 valence electrons. The first kappa shape index (κ1) is 13.2. The van der Waals surface area contributed by atoms with Crippen LogP contribution in [0.4, 0.5) is 5.88 Å². The molecule has 4 nitrogen and oxygen atoms in total. The average Bonchev–Trinajstić information content (AvgIpc) is 2.77. The molecular formula is C16H21N3O. The highest BCUT2D eigenvalue weighted by atomic mass is 16.5. The van der Waals surface area contributed by atoms with Crippen LogP contribution in [0.3, 0.4) is 0 Å². The van der Waals surface area contributed by atoms with Crippen molar-refractivity contribution in [2.24, 2.45) is 0 Å². The second-order valence-corrected chi connectivity index (χ2v) is 5.63. The van der Waals surface area contributed by atoms with E-state index in [1.165, 1.54) is 31.4 Å². The largest absolute Gasteiger partial charge is 0.368 e. The molecule has 1 saturated heterocycles. The molecule has 1 aromatic heterocycles. The van der Waals surface area contributed by atoms with Gasteiger partial charge in [-0.25, -0.2) is 0 Å². The molecule has 1 fully saturated rings. The molecule has 0 spiro atoms. The molecule has 0 saturated carbocycles. The molecule has 1 unspecified atom stereocenters. The molecule has 2 heterocycles. The smallest absolute Gasteiger partial charge is 0.222 e. The summed E-state index contributed by atoms with van der Waals surface area (Å²) < 4.78 is 5.02. The van der Waals surface area contributed by atoms with Crippen LogP contribution >= 0.6 is 0 Å².